The molecule has 9 heteroatoms. The van der Waals surface area contributed by atoms with Gasteiger partial charge in [0, 0.05) is 29.7 Å². The number of carbonyl (C=O) groups excluding carboxylic acids is 3. The van der Waals surface area contributed by atoms with Crippen LogP contribution in [-0.4, -0.2) is 41.4 Å². The van der Waals surface area contributed by atoms with Gasteiger partial charge < -0.3 is 14.6 Å². The van der Waals surface area contributed by atoms with Gasteiger partial charge in [0.15, 0.2) is 6.10 Å². The summed E-state index contributed by atoms with van der Waals surface area (Å²) in [5.41, 5.74) is 2.38. The highest BCUT2D eigenvalue weighted by Crippen LogP contribution is 2.35. The first kappa shape index (κ1) is 25.4. The number of phenols is 1. The normalized spacial score (nSPS) is 12.7. The molecule has 0 spiro atoms. The maximum atomic E-state index is 12.7. The molecule has 35 heavy (non-hydrogen) atoms. The Morgan fingerprint density at radius 1 is 0.971 bits per heavy atom. The molecule has 3 rings (SSSR count). The van der Waals surface area contributed by atoms with Crippen molar-refractivity contribution in [2.75, 3.05) is 7.11 Å². The monoisotopic (exact) mass is 478 g/mol. The fraction of sp³-hybridized carbons (Fsp3) is 0.192. The van der Waals surface area contributed by atoms with Gasteiger partial charge in [0.25, 0.3) is 11.8 Å². The SMILES string of the molecule is CO[C@@H](CC/C=C/C(=O)NO)[C@@H](OC(=O)NC(=O)c1ccccc1)c1ccc(O)c2ccccc12. The second kappa shape index (κ2) is 12.3. The van der Waals surface area contributed by atoms with E-state index in [1.807, 2.05) is 0 Å². The van der Waals surface area contributed by atoms with E-state index in [2.05, 4.69) is 5.32 Å². The summed E-state index contributed by atoms with van der Waals surface area (Å²) in [6, 6.07) is 18.5. The van der Waals surface area contributed by atoms with Gasteiger partial charge in [-0.05, 0) is 36.4 Å². The van der Waals surface area contributed by atoms with Gasteiger partial charge >= 0.3 is 6.09 Å². The zero-order valence-electron chi connectivity index (χ0n) is 19.0. The van der Waals surface area contributed by atoms with Crippen molar-refractivity contribution in [2.45, 2.75) is 25.0 Å². The quantitative estimate of drug-likeness (QED) is 0.207. The number of methoxy groups -OCH3 is 1. The second-order valence-electron chi connectivity index (χ2n) is 7.60. The Kier molecular flexibility index (Phi) is 8.94. The standard InChI is InChI=1S/C26H26N2O7/c1-34-22(13-7-8-14-23(30)28-33)24(20-15-16-21(29)19-12-6-5-11-18(19)20)35-26(32)27-25(31)17-9-3-2-4-10-17/h2-6,8-12,14-16,22,24,29,33H,7,13H2,1H3,(H,28,30)(H,27,31,32)/b14-8+/t22-,24-/m0/s1. The van der Waals surface area contributed by atoms with Gasteiger partial charge in [-0.3, -0.25) is 20.1 Å². The van der Waals surface area contributed by atoms with Crippen LogP contribution in [0.25, 0.3) is 10.8 Å². The molecule has 3 aromatic carbocycles. The number of fused-ring (bicyclic) bond motifs is 1. The Bertz CT molecular complexity index is 1210. The van der Waals surface area contributed by atoms with E-state index < -0.39 is 30.1 Å². The van der Waals surface area contributed by atoms with Crippen molar-refractivity contribution >= 4 is 28.7 Å². The van der Waals surface area contributed by atoms with Crippen LogP contribution in [0.15, 0.2) is 78.9 Å². The maximum Gasteiger partial charge on any atom is 0.414 e. The molecular formula is C26H26N2O7. The van der Waals surface area contributed by atoms with Crippen LogP contribution in [-0.2, 0) is 14.3 Å². The average Bonchev–Trinajstić information content (AvgIpc) is 2.88. The topological polar surface area (TPSA) is 134 Å². The largest absolute Gasteiger partial charge is 0.507 e. The molecule has 0 saturated heterocycles. The van der Waals surface area contributed by atoms with Crippen LogP contribution in [0.5, 0.6) is 5.75 Å². The lowest BCUT2D eigenvalue weighted by molar-refractivity contribution is -0.124. The van der Waals surface area contributed by atoms with Crippen LogP contribution in [0.1, 0.15) is 34.9 Å². The Hall–Kier alpha value is -4.21. The molecule has 0 aliphatic carbocycles. The van der Waals surface area contributed by atoms with Gasteiger partial charge in [0.1, 0.15) is 5.75 Å². The average molecular weight is 479 g/mol. The zero-order chi connectivity index (χ0) is 25.2. The first-order valence-electron chi connectivity index (χ1n) is 10.9. The second-order valence-corrected chi connectivity index (χ2v) is 7.60. The van der Waals surface area contributed by atoms with Crippen LogP contribution in [0.2, 0.25) is 0 Å². The number of amides is 3. The number of benzene rings is 3. The minimum atomic E-state index is -0.960. The Morgan fingerprint density at radius 3 is 2.34 bits per heavy atom. The zero-order valence-corrected chi connectivity index (χ0v) is 19.0. The third-order valence-electron chi connectivity index (χ3n) is 5.36. The molecule has 0 radical (unpaired) electrons. The van der Waals surface area contributed by atoms with E-state index in [1.54, 1.807) is 66.7 Å². The minimum Gasteiger partial charge on any atom is -0.507 e. The number of hydrogen-bond donors (Lipinski definition) is 4. The lowest BCUT2D eigenvalue weighted by Crippen LogP contribution is -2.35. The predicted octanol–water partition coefficient (Wildman–Crippen LogP) is 4.01. The number of imide groups is 1. The van der Waals surface area contributed by atoms with E-state index in [0.717, 1.165) is 0 Å². The summed E-state index contributed by atoms with van der Waals surface area (Å²) in [5.74, 6) is -1.22. The summed E-state index contributed by atoms with van der Waals surface area (Å²) in [6.07, 6.45) is 0.847. The van der Waals surface area contributed by atoms with Gasteiger partial charge in [-0.2, -0.15) is 0 Å². The van der Waals surface area contributed by atoms with E-state index in [-0.39, 0.29) is 5.75 Å². The molecule has 0 saturated carbocycles. The molecule has 0 bridgehead atoms. The van der Waals surface area contributed by atoms with Crippen molar-refractivity contribution < 1.29 is 34.2 Å². The first-order chi connectivity index (χ1) is 16.9. The van der Waals surface area contributed by atoms with Gasteiger partial charge in [0.05, 0.1) is 6.10 Å². The number of aromatic hydroxyl groups is 1. The maximum absolute atomic E-state index is 12.7. The Balaban J connectivity index is 1.89. The highest BCUT2D eigenvalue weighted by Gasteiger charge is 2.29. The van der Waals surface area contributed by atoms with Gasteiger partial charge in [-0.15, -0.1) is 0 Å². The number of alkyl carbamates (subject to hydrolysis) is 1. The van der Waals surface area contributed by atoms with Crippen molar-refractivity contribution in [1.82, 2.24) is 10.8 Å². The molecule has 2 atom stereocenters. The van der Waals surface area contributed by atoms with Crippen LogP contribution in [0.4, 0.5) is 4.79 Å². The summed E-state index contributed by atoms with van der Waals surface area (Å²) < 4.78 is 11.3. The van der Waals surface area contributed by atoms with E-state index in [0.29, 0.717) is 34.7 Å². The molecule has 0 aliphatic heterocycles. The van der Waals surface area contributed by atoms with Crippen molar-refractivity contribution in [1.29, 1.82) is 0 Å². The van der Waals surface area contributed by atoms with E-state index >= 15 is 0 Å². The molecular weight excluding hydrogens is 452 g/mol. The lowest BCUT2D eigenvalue weighted by atomic mass is 9.94. The molecule has 182 valence electrons. The van der Waals surface area contributed by atoms with E-state index in [9.17, 15) is 19.5 Å². The summed E-state index contributed by atoms with van der Waals surface area (Å²) in [6.45, 7) is 0. The molecule has 4 N–H and O–H groups in total. The first-order valence-corrected chi connectivity index (χ1v) is 10.9. The number of hydrogen-bond acceptors (Lipinski definition) is 7. The minimum absolute atomic E-state index is 0.0683. The van der Waals surface area contributed by atoms with Gasteiger partial charge in [0.2, 0.25) is 0 Å². The number of allylic oxidation sites excluding steroid dienone is 1. The van der Waals surface area contributed by atoms with Crippen molar-refractivity contribution in [3.8, 4) is 5.75 Å². The third kappa shape index (κ3) is 6.66. The molecule has 0 fully saturated rings. The number of ether oxygens (including phenoxy) is 2. The van der Waals surface area contributed by atoms with Crippen LogP contribution in [0, 0.1) is 0 Å². The molecule has 9 nitrogen and oxygen atoms in total. The summed E-state index contributed by atoms with van der Waals surface area (Å²) >= 11 is 0. The van der Waals surface area contributed by atoms with Crippen LogP contribution >= 0.6 is 0 Å². The number of rotatable bonds is 9. The van der Waals surface area contributed by atoms with E-state index in [1.165, 1.54) is 24.7 Å². The lowest BCUT2D eigenvalue weighted by Gasteiger charge is -2.27. The molecule has 3 aromatic rings. The molecule has 0 heterocycles. The smallest absolute Gasteiger partial charge is 0.414 e. The number of carbonyl (C=O) groups is 3. The predicted molar refractivity (Wildman–Crippen MR) is 128 cm³/mol. The van der Waals surface area contributed by atoms with Crippen molar-refractivity contribution in [2.24, 2.45) is 0 Å². The number of nitrogens with one attached hydrogen (secondary N) is 2. The van der Waals surface area contributed by atoms with Gasteiger partial charge in [-0.1, -0.05) is 54.6 Å². The van der Waals surface area contributed by atoms with Crippen LogP contribution in [0.3, 0.4) is 0 Å². The fourth-order valence-corrected chi connectivity index (χ4v) is 3.67. The number of phenolic OH excluding ortho intramolecular Hbond substituents is 1. The molecule has 0 unspecified atom stereocenters. The van der Waals surface area contributed by atoms with E-state index in [4.69, 9.17) is 14.7 Å². The van der Waals surface area contributed by atoms with Gasteiger partial charge in [-0.25, -0.2) is 10.3 Å². The fourth-order valence-electron chi connectivity index (χ4n) is 3.67. The molecule has 0 aliphatic rings. The van der Waals surface area contributed by atoms with Crippen LogP contribution < -0.4 is 10.8 Å². The number of hydroxylamine groups is 1. The Morgan fingerprint density at radius 2 is 1.66 bits per heavy atom. The highest BCUT2D eigenvalue weighted by atomic mass is 16.6. The third-order valence-corrected chi connectivity index (χ3v) is 5.36. The summed E-state index contributed by atoms with van der Waals surface area (Å²) in [4.78, 5) is 36.4. The Labute approximate surface area is 201 Å². The molecule has 0 aromatic heterocycles. The van der Waals surface area contributed by atoms with Crippen molar-refractivity contribution in [3.05, 3.63) is 90.0 Å². The van der Waals surface area contributed by atoms with Crippen molar-refractivity contribution in [3.63, 3.8) is 0 Å². The summed E-state index contributed by atoms with van der Waals surface area (Å²) in [5, 5.41) is 22.3. The highest BCUT2D eigenvalue weighted by molar-refractivity contribution is 6.03. The molecule has 3 amide bonds. The summed E-state index contributed by atoms with van der Waals surface area (Å²) in [7, 11) is 1.46.